The highest BCUT2D eigenvalue weighted by atomic mass is 16.2. The van der Waals surface area contributed by atoms with Gasteiger partial charge in [0.15, 0.2) is 0 Å². The minimum atomic E-state index is 0.252. The Labute approximate surface area is 105 Å². The minimum absolute atomic E-state index is 0.252. The van der Waals surface area contributed by atoms with Crippen LogP contribution in [0.15, 0.2) is 0 Å². The number of hydrogen-bond donors (Lipinski definition) is 1. The predicted octanol–water partition coefficient (Wildman–Crippen LogP) is 0.929. The molecule has 1 amide bonds. The molecule has 1 saturated heterocycles. The summed E-state index contributed by atoms with van der Waals surface area (Å²) in [6.45, 7) is 8.38. The fraction of sp³-hybridized carbons (Fsp3) is 0.923. The highest BCUT2D eigenvalue weighted by molar-refractivity contribution is 5.78. The highest BCUT2D eigenvalue weighted by Gasteiger charge is 2.20. The van der Waals surface area contributed by atoms with E-state index in [2.05, 4.69) is 17.3 Å². The molecular weight excluding hydrogens is 214 g/mol. The molecule has 0 bridgehead atoms. The fourth-order valence-corrected chi connectivity index (χ4v) is 2.40. The molecule has 100 valence electrons. The first-order valence-corrected chi connectivity index (χ1v) is 6.87. The van der Waals surface area contributed by atoms with E-state index in [0.29, 0.717) is 12.6 Å². The Bertz CT molecular complexity index is 221. The van der Waals surface area contributed by atoms with E-state index in [9.17, 15) is 4.79 Å². The second-order valence-corrected chi connectivity index (χ2v) is 4.83. The average molecular weight is 241 g/mol. The van der Waals surface area contributed by atoms with E-state index < -0.39 is 0 Å². The number of likely N-dealkylation sites (N-methyl/N-ethyl adjacent to an activating group) is 2. The second-order valence-electron chi connectivity index (χ2n) is 4.83. The molecule has 1 N–H and O–H groups in total. The number of amides is 1. The van der Waals surface area contributed by atoms with Crippen LogP contribution in [0.2, 0.25) is 0 Å². The molecule has 0 aromatic rings. The normalized spacial score (nSPS) is 21.3. The van der Waals surface area contributed by atoms with E-state index in [-0.39, 0.29) is 5.91 Å². The maximum absolute atomic E-state index is 12.0. The van der Waals surface area contributed by atoms with Crippen LogP contribution >= 0.6 is 0 Å². The summed E-state index contributed by atoms with van der Waals surface area (Å²) < 4.78 is 0. The molecule has 1 heterocycles. The van der Waals surface area contributed by atoms with Gasteiger partial charge < -0.3 is 10.2 Å². The van der Waals surface area contributed by atoms with Gasteiger partial charge in [-0.05, 0) is 40.3 Å². The van der Waals surface area contributed by atoms with Crippen LogP contribution in [0.4, 0.5) is 0 Å². The molecule has 4 nitrogen and oxygen atoms in total. The van der Waals surface area contributed by atoms with E-state index in [1.54, 1.807) is 0 Å². The van der Waals surface area contributed by atoms with Crippen molar-refractivity contribution in [3.8, 4) is 0 Å². The zero-order valence-corrected chi connectivity index (χ0v) is 11.5. The Balaban J connectivity index is 2.40. The van der Waals surface area contributed by atoms with Gasteiger partial charge in [-0.15, -0.1) is 0 Å². The molecule has 0 aromatic carbocycles. The summed E-state index contributed by atoms with van der Waals surface area (Å²) in [4.78, 5) is 16.1. The lowest BCUT2D eigenvalue weighted by Gasteiger charge is -2.29. The van der Waals surface area contributed by atoms with Crippen molar-refractivity contribution >= 4 is 5.91 Å². The average Bonchev–Trinajstić information content (AvgIpc) is 2.59. The summed E-state index contributed by atoms with van der Waals surface area (Å²) in [5, 5.41) is 3.44. The summed E-state index contributed by atoms with van der Waals surface area (Å²) in [7, 11) is 2.07. The molecule has 0 aliphatic carbocycles. The summed E-state index contributed by atoms with van der Waals surface area (Å²) in [5.41, 5.74) is 0. The van der Waals surface area contributed by atoms with Crippen LogP contribution in [0.25, 0.3) is 0 Å². The second kappa shape index (κ2) is 7.67. The van der Waals surface area contributed by atoms with Crippen molar-refractivity contribution in [2.45, 2.75) is 39.2 Å². The lowest BCUT2D eigenvalue weighted by atomic mass is 10.1. The zero-order chi connectivity index (χ0) is 12.7. The third-order valence-corrected chi connectivity index (χ3v) is 3.65. The number of carbonyl (C=O) groups is 1. The van der Waals surface area contributed by atoms with Crippen LogP contribution in [0, 0.1) is 0 Å². The van der Waals surface area contributed by atoms with Crippen molar-refractivity contribution in [3.05, 3.63) is 0 Å². The van der Waals surface area contributed by atoms with E-state index in [0.717, 1.165) is 26.2 Å². The maximum Gasteiger partial charge on any atom is 0.236 e. The summed E-state index contributed by atoms with van der Waals surface area (Å²) in [6, 6.07) is 0.511. The lowest BCUT2D eigenvalue weighted by molar-refractivity contribution is -0.132. The number of hydrogen-bond acceptors (Lipinski definition) is 3. The molecule has 4 heteroatoms. The first-order chi connectivity index (χ1) is 8.19. The third-order valence-electron chi connectivity index (χ3n) is 3.65. The number of nitrogens with zero attached hydrogens (tertiary/aromatic N) is 2. The Kier molecular flexibility index (Phi) is 6.52. The van der Waals surface area contributed by atoms with Crippen molar-refractivity contribution in [2.24, 2.45) is 0 Å². The Morgan fingerprint density at radius 3 is 2.65 bits per heavy atom. The smallest absolute Gasteiger partial charge is 0.236 e. The monoisotopic (exact) mass is 241 g/mol. The lowest BCUT2D eigenvalue weighted by Crippen LogP contribution is -2.45. The van der Waals surface area contributed by atoms with Crippen LogP contribution in [0.3, 0.4) is 0 Å². The van der Waals surface area contributed by atoms with Crippen molar-refractivity contribution in [3.63, 3.8) is 0 Å². The van der Waals surface area contributed by atoms with E-state index in [4.69, 9.17) is 0 Å². The van der Waals surface area contributed by atoms with E-state index >= 15 is 0 Å². The molecule has 0 aromatic heterocycles. The van der Waals surface area contributed by atoms with Gasteiger partial charge >= 0.3 is 0 Å². The van der Waals surface area contributed by atoms with Crippen LogP contribution in [0.1, 0.15) is 33.1 Å². The van der Waals surface area contributed by atoms with Crippen molar-refractivity contribution in [1.29, 1.82) is 0 Å². The fourth-order valence-electron chi connectivity index (χ4n) is 2.40. The first kappa shape index (κ1) is 14.5. The summed E-state index contributed by atoms with van der Waals surface area (Å²) in [5.74, 6) is 0.252. The SMILES string of the molecule is CCN(CC)C(=O)CN(C)C1CCCCNC1. The topological polar surface area (TPSA) is 35.6 Å². The molecule has 1 aliphatic heterocycles. The number of carbonyl (C=O) groups excluding carboxylic acids is 1. The van der Waals surface area contributed by atoms with Gasteiger partial charge in [0, 0.05) is 25.7 Å². The van der Waals surface area contributed by atoms with Gasteiger partial charge in [0.1, 0.15) is 0 Å². The van der Waals surface area contributed by atoms with Crippen LogP contribution in [-0.2, 0) is 4.79 Å². The standard InChI is InChI=1S/C13H27N3O/c1-4-16(5-2)13(17)11-15(3)12-8-6-7-9-14-10-12/h12,14H,4-11H2,1-3H3. The van der Waals surface area contributed by atoms with Crippen molar-refractivity contribution in [1.82, 2.24) is 15.1 Å². The molecule has 0 saturated carbocycles. The molecule has 1 unspecified atom stereocenters. The predicted molar refractivity (Wildman–Crippen MR) is 71.1 cm³/mol. The third kappa shape index (κ3) is 4.64. The molecule has 1 aliphatic rings. The van der Waals surface area contributed by atoms with Gasteiger partial charge in [-0.3, -0.25) is 9.69 Å². The van der Waals surface area contributed by atoms with E-state index in [1.165, 1.54) is 19.3 Å². The number of nitrogens with one attached hydrogen (secondary N) is 1. The molecule has 1 fully saturated rings. The highest BCUT2D eigenvalue weighted by Crippen LogP contribution is 2.10. The van der Waals surface area contributed by atoms with Gasteiger partial charge in [0.25, 0.3) is 0 Å². The van der Waals surface area contributed by atoms with Gasteiger partial charge in [-0.25, -0.2) is 0 Å². The molecule has 1 atom stereocenters. The maximum atomic E-state index is 12.0. The molecular formula is C13H27N3O. The van der Waals surface area contributed by atoms with Crippen LogP contribution in [-0.4, -0.2) is 61.5 Å². The first-order valence-electron chi connectivity index (χ1n) is 6.87. The quantitative estimate of drug-likeness (QED) is 0.778. The summed E-state index contributed by atoms with van der Waals surface area (Å²) in [6.07, 6.45) is 3.73. The molecule has 17 heavy (non-hydrogen) atoms. The Morgan fingerprint density at radius 1 is 1.29 bits per heavy atom. The number of rotatable bonds is 5. The Morgan fingerprint density at radius 2 is 2.00 bits per heavy atom. The minimum Gasteiger partial charge on any atom is -0.342 e. The molecule has 1 rings (SSSR count). The van der Waals surface area contributed by atoms with Gasteiger partial charge in [-0.2, -0.15) is 0 Å². The van der Waals surface area contributed by atoms with Crippen LogP contribution < -0.4 is 5.32 Å². The Hall–Kier alpha value is -0.610. The largest absolute Gasteiger partial charge is 0.342 e. The molecule has 0 radical (unpaired) electrons. The molecule has 0 spiro atoms. The zero-order valence-electron chi connectivity index (χ0n) is 11.5. The van der Waals surface area contributed by atoms with Crippen molar-refractivity contribution in [2.75, 3.05) is 39.8 Å². The van der Waals surface area contributed by atoms with Gasteiger partial charge in [-0.1, -0.05) is 6.42 Å². The van der Waals surface area contributed by atoms with Crippen LogP contribution in [0.5, 0.6) is 0 Å². The summed E-state index contributed by atoms with van der Waals surface area (Å²) >= 11 is 0. The van der Waals surface area contributed by atoms with E-state index in [1.807, 2.05) is 18.7 Å². The van der Waals surface area contributed by atoms with Gasteiger partial charge in [0.05, 0.1) is 6.54 Å². The van der Waals surface area contributed by atoms with Crippen molar-refractivity contribution < 1.29 is 4.79 Å². The van der Waals surface area contributed by atoms with Gasteiger partial charge in [0.2, 0.25) is 5.91 Å².